The Morgan fingerprint density at radius 3 is 0.897 bits per heavy atom. The minimum atomic E-state index is -4.37. The van der Waals surface area contributed by atoms with Crippen molar-refractivity contribution >= 4 is 19.8 Å². The first-order chi connectivity index (χ1) is 33.3. The predicted molar refractivity (Wildman–Crippen MR) is 289 cm³/mol. The fraction of sp³-hybridized carbons (Fsp3) is 0.966. The number of carbonyl (C=O) groups excluding carboxylic acids is 2. The molecule has 68 heavy (non-hydrogen) atoms. The van der Waals surface area contributed by atoms with Gasteiger partial charge in [-0.2, -0.15) is 0 Å². The molecule has 0 saturated carbocycles. The van der Waals surface area contributed by atoms with Crippen LogP contribution in [0.1, 0.15) is 328 Å². The zero-order valence-corrected chi connectivity index (χ0v) is 46.3. The third kappa shape index (κ3) is 54.3. The smallest absolute Gasteiger partial charge is 0.462 e. The lowest BCUT2D eigenvalue weighted by atomic mass is 10.0. The number of hydrogen-bond donors (Lipinski definition) is 2. The number of esters is 2. The van der Waals surface area contributed by atoms with Gasteiger partial charge in [0, 0.05) is 19.4 Å². The molecule has 0 heterocycles. The molecular formula is C58H116NO8P. The lowest BCUT2D eigenvalue weighted by molar-refractivity contribution is -0.161. The van der Waals surface area contributed by atoms with Gasteiger partial charge in [0.05, 0.1) is 13.2 Å². The van der Waals surface area contributed by atoms with Crippen LogP contribution >= 0.6 is 7.82 Å². The van der Waals surface area contributed by atoms with Gasteiger partial charge in [0.1, 0.15) is 6.61 Å². The number of unbranched alkanes of at least 4 members (excludes halogenated alkanes) is 45. The quantitative estimate of drug-likeness (QED) is 0.0347. The van der Waals surface area contributed by atoms with E-state index in [9.17, 15) is 19.0 Å². The third-order valence-corrected chi connectivity index (χ3v) is 14.7. The second-order valence-electron chi connectivity index (χ2n) is 20.6. The first-order valence-electron chi connectivity index (χ1n) is 30.0. The Hall–Kier alpha value is -0.990. The van der Waals surface area contributed by atoms with Crippen molar-refractivity contribution in [2.24, 2.45) is 5.73 Å². The minimum Gasteiger partial charge on any atom is -0.462 e. The van der Waals surface area contributed by atoms with E-state index in [0.717, 1.165) is 32.1 Å². The average molecular weight is 987 g/mol. The normalized spacial score (nSPS) is 12.9. The van der Waals surface area contributed by atoms with Crippen LogP contribution in [0.4, 0.5) is 0 Å². The van der Waals surface area contributed by atoms with Gasteiger partial charge in [-0.25, -0.2) is 4.57 Å². The molecule has 0 rings (SSSR count). The van der Waals surface area contributed by atoms with Gasteiger partial charge in [-0.1, -0.05) is 303 Å². The Balaban J connectivity index is 3.73. The summed E-state index contributed by atoms with van der Waals surface area (Å²) in [5.41, 5.74) is 5.37. The van der Waals surface area contributed by atoms with Crippen LogP contribution in [0.25, 0.3) is 0 Å². The van der Waals surface area contributed by atoms with Crippen LogP contribution in [0, 0.1) is 0 Å². The van der Waals surface area contributed by atoms with Crippen LogP contribution in [-0.2, 0) is 32.7 Å². The molecule has 0 saturated heterocycles. The van der Waals surface area contributed by atoms with Gasteiger partial charge < -0.3 is 20.1 Å². The molecule has 0 aliphatic carbocycles. The summed E-state index contributed by atoms with van der Waals surface area (Å²) in [6, 6.07) is 0. The molecule has 2 atom stereocenters. The van der Waals surface area contributed by atoms with Crippen LogP contribution < -0.4 is 5.73 Å². The first-order valence-corrected chi connectivity index (χ1v) is 31.5. The zero-order valence-electron chi connectivity index (χ0n) is 45.4. The summed E-state index contributed by atoms with van der Waals surface area (Å²) < 4.78 is 33.0. The molecule has 0 aromatic rings. The van der Waals surface area contributed by atoms with Crippen LogP contribution in [-0.4, -0.2) is 49.3 Å². The largest absolute Gasteiger partial charge is 0.472 e. The van der Waals surface area contributed by atoms with E-state index in [0.29, 0.717) is 6.42 Å². The van der Waals surface area contributed by atoms with Crippen molar-refractivity contribution in [3.05, 3.63) is 0 Å². The van der Waals surface area contributed by atoms with Gasteiger partial charge in [-0.05, 0) is 12.8 Å². The number of phosphoric acid groups is 1. The summed E-state index contributed by atoms with van der Waals surface area (Å²) >= 11 is 0. The number of ether oxygens (including phenoxy) is 2. The number of hydrogen-bond acceptors (Lipinski definition) is 8. The van der Waals surface area contributed by atoms with E-state index in [4.69, 9.17) is 24.3 Å². The molecule has 0 amide bonds. The summed E-state index contributed by atoms with van der Waals surface area (Å²) in [5, 5.41) is 0. The molecule has 406 valence electrons. The van der Waals surface area contributed by atoms with E-state index < -0.39 is 26.5 Å². The highest BCUT2D eigenvalue weighted by molar-refractivity contribution is 7.47. The van der Waals surface area contributed by atoms with E-state index in [1.807, 2.05) is 0 Å². The minimum absolute atomic E-state index is 0.0584. The van der Waals surface area contributed by atoms with Crippen molar-refractivity contribution in [2.75, 3.05) is 26.4 Å². The fourth-order valence-corrected chi connectivity index (χ4v) is 10.1. The van der Waals surface area contributed by atoms with E-state index in [1.54, 1.807) is 0 Å². The molecule has 0 radical (unpaired) electrons. The van der Waals surface area contributed by atoms with E-state index >= 15 is 0 Å². The molecular weight excluding hydrogens is 870 g/mol. The van der Waals surface area contributed by atoms with Gasteiger partial charge in [0.2, 0.25) is 0 Å². The molecule has 10 heteroatoms. The van der Waals surface area contributed by atoms with E-state index in [-0.39, 0.29) is 38.6 Å². The topological polar surface area (TPSA) is 134 Å². The zero-order chi connectivity index (χ0) is 49.5. The summed E-state index contributed by atoms with van der Waals surface area (Å²) in [4.78, 5) is 35.0. The van der Waals surface area contributed by atoms with Gasteiger partial charge in [0.25, 0.3) is 0 Å². The van der Waals surface area contributed by atoms with Gasteiger partial charge in [0.15, 0.2) is 6.10 Å². The molecule has 2 unspecified atom stereocenters. The van der Waals surface area contributed by atoms with Crippen LogP contribution in [0.2, 0.25) is 0 Å². The maximum Gasteiger partial charge on any atom is 0.472 e. The first kappa shape index (κ1) is 67.0. The lowest BCUT2D eigenvalue weighted by Crippen LogP contribution is -2.29. The highest BCUT2D eigenvalue weighted by Gasteiger charge is 2.26. The van der Waals surface area contributed by atoms with Gasteiger partial charge >= 0.3 is 19.8 Å². The van der Waals surface area contributed by atoms with Crippen molar-refractivity contribution in [3.8, 4) is 0 Å². The molecule has 0 spiro atoms. The van der Waals surface area contributed by atoms with Crippen molar-refractivity contribution in [1.29, 1.82) is 0 Å². The van der Waals surface area contributed by atoms with Crippen molar-refractivity contribution in [3.63, 3.8) is 0 Å². The van der Waals surface area contributed by atoms with Crippen molar-refractivity contribution < 1.29 is 37.6 Å². The lowest BCUT2D eigenvalue weighted by Gasteiger charge is -2.19. The SMILES string of the molecule is CCCCCCCCCCCCCCCCCCCCCCCCCCCCCCCCCCCCCC(=O)OC(COC(=O)CCCCCCCCCCCCCC)COP(=O)(O)OCCN. The second kappa shape index (κ2) is 55.3. The molecule has 0 aromatic carbocycles. The molecule has 0 aliphatic heterocycles. The Kier molecular flexibility index (Phi) is 54.5. The van der Waals surface area contributed by atoms with Crippen LogP contribution in [0.5, 0.6) is 0 Å². The Morgan fingerprint density at radius 1 is 0.382 bits per heavy atom. The monoisotopic (exact) mass is 986 g/mol. The average Bonchev–Trinajstić information content (AvgIpc) is 3.33. The summed E-state index contributed by atoms with van der Waals surface area (Å²) in [6.07, 6.45) is 62.0. The number of phosphoric ester groups is 1. The summed E-state index contributed by atoms with van der Waals surface area (Å²) in [6.45, 7) is 3.80. The molecule has 0 bridgehead atoms. The Bertz CT molecular complexity index is 1080. The van der Waals surface area contributed by atoms with Crippen LogP contribution in [0.15, 0.2) is 0 Å². The van der Waals surface area contributed by atoms with E-state index in [1.165, 1.54) is 263 Å². The second-order valence-corrected chi connectivity index (χ2v) is 22.0. The molecule has 3 N–H and O–H groups in total. The third-order valence-electron chi connectivity index (χ3n) is 13.7. The predicted octanol–water partition coefficient (Wildman–Crippen LogP) is 18.7. The van der Waals surface area contributed by atoms with Gasteiger partial charge in [-0.15, -0.1) is 0 Å². The Morgan fingerprint density at radius 2 is 0.632 bits per heavy atom. The highest BCUT2D eigenvalue weighted by Crippen LogP contribution is 2.43. The standard InChI is InChI=1S/C58H116NO8P/c1-3-5-7-9-11-13-15-17-18-19-20-21-22-23-24-25-26-27-28-29-30-31-32-33-34-35-36-37-38-39-41-43-45-47-49-51-58(61)67-56(55-66-68(62,63)65-53-52-59)54-64-57(60)50-48-46-44-42-40-16-14-12-10-8-6-4-2/h56H,3-55,59H2,1-2H3,(H,62,63). The maximum absolute atomic E-state index is 12.7. The molecule has 0 aromatic heterocycles. The Labute approximate surface area is 422 Å². The molecule has 0 aliphatic rings. The highest BCUT2D eigenvalue weighted by atomic mass is 31.2. The summed E-state index contributed by atoms with van der Waals surface area (Å²) in [5.74, 6) is -0.807. The van der Waals surface area contributed by atoms with Gasteiger partial charge in [-0.3, -0.25) is 18.6 Å². The number of nitrogens with two attached hydrogens (primary N) is 1. The van der Waals surface area contributed by atoms with E-state index in [2.05, 4.69) is 13.8 Å². The van der Waals surface area contributed by atoms with Crippen molar-refractivity contribution in [2.45, 2.75) is 335 Å². The molecule has 9 nitrogen and oxygen atoms in total. The number of rotatable bonds is 58. The number of carbonyl (C=O) groups is 2. The fourth-order valence-electron chi connectivity index (χ4n) is 9.29. The van der Waals surface area contributed by atoms with Crippen molar-refractivity contribution in [1.82, 2.24) is 0 Å². The molecule has 0 fully saturated rings. The maximum atomic E-state index is 12.7. The summed E-state index contributed by atoms with van der Waals surface area (Å²) in [7, 11) is -4.37. The van der Waals surface area contributed by atoms with Crippen LogP contribution in [0.3, 0.4) is 0 Å².